The lowest BCUT2D eigenvalue weighted by molar-refractivity contribution is 0.314. The fourth-order valence-corrected chi connectivity index (χ4v) is 1.94. The molecule has 2 aromatic carbocycles. The topological polar surface area (TPSA) is 74.2 Å². The van der Waals surface area contributed by atoms with E-state index in [0.29, 0.717) is 38.3 Å². The molecule has 0 spiro atoms. The molecular formula is C12H7Cl2N3O2. The Kier molecular flexibility index (Phi) is 2.93. The van der Waals surface area contributed by atoms with E-state index >= 15 is 0 Å². The van der Waals surface area contributed by atoms with E-state index in [9.17, 15) is 0 Å². The van der Waals surface area contributed by atoms with E-state index in [1.807, 2.05) is 0 Å². The highest BCUT2D eigenvalue weighted by atomic mass is 35.5. The molecule has 0 radical (unpaired) electrons. The van der Waals surface area contributed by atoms with Gasteiger partial charge in [0.05, 0.1) is 10.7 Å². The lowest BCUT2D eigenvalue weighted by Crippen LogP contribution is -1.91. The summed E-state index contributed by atoms with van der Waals surface area (Å²) in [6, 6.07) is 8.25. The standard InChI is InChI=1S/C12H7Cl2N3O2/c13-6-1-2-7(14)10(5-6)18-9-4-3-8(15)11-12(9)17-19-16-11/h1-5H,15H2. The summed E-state index contributed by atoms with van der Waals surface area (Å²) in [6.45, 7) is 0. The van der Waals surface area contributed by atoms with Crippen LogP contribution in [0.25, 0.3) is 11.0 Å². The zero-order chi connectivity index (χ0) is 13.4. The summed E-state index contributed by atoms with van der Waals surface area (Å²) < 4.78 is 10.3. The first-order chi connectivity index (χ1) is 9.15. The second-order valence-corrected chi connectivity index (χ2v) is 4.63. The van der Waals surface area contributed by atoms with Crippen LogP contribution in [0.3, 0.4) is 0 Å². The van der Waals surface area contributed by atoms with Crippen molar-refractivity contribution in [1.82, 2.24) is 10.3 Å². The quantitative estimate of drug-likeness (QED) is 0.726. The molecule has 0 bridgehead atoms. The number of nitrogens with two attached hydrogens (primary N) is 1. The second kappa shape index (κ2) is 4.60. The molecule has 2 N–H and O–H groups in total. The van der Waals surface area contributed by atoms with Crippen molar-refractivity contribution in [3.63, 3.8) is 0 Å². The van der Waals surface area contributed by atoms with Crippen LogP contribution < -0.4 is 10.5 Å². The molecule has 19 heavy (non-hydrogen) atoms. The number of halogens is 2. The highest BCUT2D eigenvalue weighted by molar-refractivity contribution is 6.34. The van der Waals surface area contributed by atoms with Gasteiger partial charge in [0.1, 0.15) is 5.75 Å². The number of ether oxygens (including phenoxy) is 1. The Balaban J connectivity index is 2.08. The molecule has 7 heteroatoms. The fourth-order valence-electron chi connectivity index (χ4n) is 1.62. The third kappa shape index (κ3) is 2.18. The first-order valence-electron chi connectivity index (χ1n) is 5.29. The molecule has 5 nitrogen and oxygen atoms in total. The van der Waals surface area contributed by atoms with E-state index in [0.717, 1.165) is 0 Å². The highest BCUT2D eigenvalue weighted by Crippen LogP contribution is 2.35. The molecule has 3 rings (SSSR count). The van der Waals surface area contributed by atoms with Crippen LogP contribution in [-0.4, -0.2) is 10.3 Å². The molecule has 0 amide bonds. The molecule has 0 unspecified atom stereocenters. The summed E-state index contributed by atoms with van der Waals surface area (Å²) in [5, 5.41) is 8.42. The minimum Gasteiger partial charge on any atom is -0.453 e. The van der Waals surface area contributed by atoms with Gasteiger partial charge in [0.25, 0.3) is 0 Å². The lowest BCUT2D eigenvalue weighted by Gasteiger charge is -2.08. The molecule has 0 aliphatic rings. The van der Waals surface area contributed by atoms with Gasteiger partial charge in [-0.25, -0.2) is 4.63 Å². The zero-order valence-electron chi connectivity index (χ0n) is 9.43. The monoisotopic (exact) mass is 295 g/mol. The molecule has 0 aliphatic heterocycles. The molecule has 1 aromatic heterocycles. The van der Waals surface area contributed by atoms with Crippen molar-refractivity contribution in [3.05, 3.63) is 40.4 Å². The summed E-state index contributed by atoms with van der Waals surface area (Å²) in [5.74, 6) is 0.859. The Labute approximate surface area is 117 Å². The van der Waals surface area contributed by atoms with Gasteiger partial charge < -0.3 is 10.5 Å². The van der Waals surface area contributed by atoms with Gasteiger partial charge in [-0.2, -0.15) is 0 Å². The SMILES string of the molecule is Nc1ccc(Oc2cc(Cl)ccc2Cl)c2nonc12. The minimum atomic E-state index is 0.420. The normalized spacial score (nSPS) is 10.8. The number of hydrogen-bond donors (Lipinski definition) is 1. The lowest BCUT2D eigenvalue weighted by atomic mass is 10.2. The summed E-state index contributed by atoms with van der Waals surface area (Å²) in [7, 11) is 0. The number of rotatable bonds is 2. The third-order valence-corrected chi connectivity index (χ3v) is 3.07. The first kappa shape index (κ1) is 12.1. The Morgan fingerprint density at radius 1 is 1.00 bits per heavy atom. The maximum absolute atomic E-state index is 6.03. The van der Waals surface area contributed by atoms with E-state index in [1.54, 1.807) is 30.3 Å². The number of aromatic nitrogens is 2. The molecule has 0 fully saturated rings. The molecule has 0 aliphatic carbocycles. The second-order valence-electron chi connectivity index (χ2n) is 3.79. The Morgan fingerprint density at radius 2 is 1.79 bits per heavy atom. The van der Waals surface area contributed by atoms with Gasteiger partial charge in [-0.15, -0.1) is 0 Å². The zero-order valence-corrected chi connectivity index (χ0v) is 10.9. The molecule has 96 valence electrons. The van der Waals surface area contributed by atoms with Crippen molar-refractivity contribution in [2.45, 2.75) is 0 Å². The van der Waals surface area contributed by atoms with Crippen LogP contribution in [0.1, 0.15) is 0 Å². The van der Waals surface area contributed by atoms with Gasteiger partial charge in [0.2, 0.25) is 0 Å². The van der Waals surface area contributed by atoms with E-state index in [4.69, 9.17) is 33.7 Å². The summed E-state index contributed by atoms with van der Waals surface area (Å²) in [6.07, 6.45) is 0. The van der Waals surface area contributed by atoms with Gasteiger partial charge in [-0.1, -0.05) is 23.2 Å². The van der Waals surface area contributed by atoms with Gasteiger partial charge in [0.15, 0.2) is 16.8 Å². The van der Waals surface area contributed by atoms with Crippen LogP contribution in [0.5, 0.6) is 11.5 Å². The maximum Gasteiger partial charge on any atom is 0.179 e. The number of anilines is 1. The van der Waals surface area contributed by atoms with Crippen molar-refractivity contribution >= 4 is 39.9 Å². The van der Waals surface area contributed by atoms with E-state index < -0.39 is 0 Å². The van der Waals surface area contributed by atoms with Crippen LogP contribution in [0, 0.1) is 0 Å². The average Bonchev–Trinajstić information content (AvgIpc) is 2.87. The predicted octanol–water partition coefficient (Wildman–Crippen LogP) is 3.90. The first-order valence-corrected chi connectivity index (χ1v) is 6.04. The molecule has 0 saturated heterocycles. The van der Waals surface area contributed by atoms with E-state index in [2.05, 4.69) is 14.9 Å². The molecular weight excluding hydrogens is 289 g/mol. The van der Waals surface area contributed by atoms with Crippen molar-refractivity contribution in [2.75, 3.05) is 5.73 Å². The van der Waals surface area contributed by atoms with Crippen molar-refractivity contribution < 1.29 is 9.37 Å². The number of nitrogens with zero attached hydrogens (tertiary/aromatic N) is 2. The predicted molar refractivity (Wildman–Crippen MR) is 72.8 cm³/mol. The largest absolute Gasteiger partial charge is 0.453 e. The van der Waals surface area contributed by atoms with E-state index in [-0.39, 0.29) is 0 Å². The van der Waals surface area contributed by atoms with Crippen LogP contribution in [0.4, 0.5) is 5.69 Å². The van der Waals surface area contributed by atoms with Crippen LogP contribution in [0.2, 0.25) is 10.0 Å². The number of nitrogen functional groups attached to an aromatic ring is 1. The van der Waals surface area contributed by atoms with Gasteiger partial charge in [-0.3, -0.25) is 0 Å². The van der Waals surface area contributed by atoms with Gasteiger partial charge in [0, 0.05) is 11.1 Å². The van der Waals surface area contributed by atoms with Gasteiger partial charge >= 0.3 is 0 Å². The van der Waals surface area contributed by atoms with Crippen molar-refractivity contribution in [3.8, 4) is 11.5 Å². The molecule has 1 heterocycles. The Hall–Kier alpha value is -1.98. The van der Waals surface area contributed by atoms with Crippen LogP contribution >= 0.6 is 23.2 Å². The van der Waals surface area contributed by atoms with Crippen LogP contribution in [0.15, 0.2) is 35.0 Å². The van der Waals surface area contributed by atoms with Crippen molar-refractivity contribution in [1.29, 1.82) is 0 Å². The maximum atomic E-state index is 6.03. The summed E-state index contributed by atoms with van der Waals surface area (Å²) in [5.41, 5.74) is 7.08. The Bertz CT molecular complexity index is 758. The minimum absolute atomic E-state index is 0.420. The number of benzene rings is 2. The van der Waals surface area contributed by atoms with E-state index in [1.165, 1.54) is 0 Å². The highest BCUT2D eigenvalue weighted by Gasteiger charge is 2.13. The molecule has 3 aromatic rings. The van der Waals surface area contributed by atoms with Crippen LogP contribution in [-0.2, 0) is 0 Å². The number of fused-ring (bicyclic) bond motifs is 1. The summed E-state index contributed by atoms with van der Waals surface area (Å²) in [4.78, 5) is 0. The fraction of sp³-hybridized carbons (Fsp3) is 0. The number of hydrogen-bond acceptors (Lipinski definition) is 5. The van der Waals surface area contributed by atoms with Gasteiger partial charge in [-0.05, 0) is 34.6 Å². The third-order valence-electron chi connectivity index (χ3n) is 2.52. The average molecular weight is 296 g/mol. The molecule has 0 saturated carbocycles. The smallest absolute Gasteiger partial charge is 0.179 e. The van der Waals surface area contributed by atoms with Crippen molar-refractivity contribution in [2.24, 2.45) is 0 Å². The molecule has 0 atom stereocenters. The summed E-state index contributed by atoms with van der Waals surface area (Å²) >= 11 is 11.9. The Morgan fingerprint density at radius 3 is 2.63 bits per heavy atom.